The molecule has 0 aromatic heterocycles. The number of sulfone groups is 1. The number of rotatable bonds is 5. The van der Waals surface area contributed by atoms with E-state index < -0.39 is 21.3 Å². The molecule has 1 heterocycles. The van der Waals surface area contributed by atoms with Crippen LogP contribution in [0.4, 0.5) is 4.39 Å². The zero-order chi connectivity index (χ0) is 22.1. The molecular formula is C25H23FO4S. The zero-order valence-electron chi connectivity index (χ0n) is 17.3. The van der Waals surface area contributed by atoms with E-state index in [0.717, 1.165) is 11.3 Å². The Balaban J connectivity index is 1.84. The van der Waals surface area contributed by atoms with Crippen molar-refractivity contribution in [1.29, 1.82) is 0 Å². The molecule has 0 aliphatic carbocycles. The van der Waals surface area contributed by atoms with E-state index in [1.54, 1.807) is 49.6 Å². The van der Waals surface area contributed by atoms with Crippen LogP contribution < -0.4 is 4.74 Å². The molecule has 0 radical (unpaired) electrons. The summed E-state index contributed by atoms with van der Waals surface area (Å²) in [6.45, 7) is 1.93. The maximum absolute atomic E-state index is 13.6. The topological polar surface area (TPSA) is 52.6 Å². The van der Waals surface area contributed by atoms with Crippen LogP contribution in [0.5, 0.6) is 5.75 Å². The summed E-state index contributed by atoms with van der Waals surface area (Å²) in [5.74, 6) is 0.587. The Morgan fingerprint density at radius 3 is 2.19 bits per heavy atom. The lowest BCUT2D eigenvalue weighted by Gasteiger charge is -2.37. The van der Waals surface area contributed by atoms with Crippen LogP contribution in [-0.2, 0) is 20.2 Å². The van der Waals surface area contributed by atoms with Crippen LogP contribution in [0.3, 0.4) is 0 Å². The highest BCUT2D eigenvalue weighted by Crippen LogP contribution is 2.45. The molecular weight excluding hydrogens is 415 g/mol. The molecule has 160 valence electrons. The second-order valence-electron chi connectivity index (χ2n) is 7.64. The van der Waals surface area contributed by atoms with Gasteiger partial charge in [0.25, 0.3) is 0 Å². The van der Waals surface area contributed by atoms with Gasteiger partial charge in [-0.05, 0) is 73.9 Å². The molecule has 0 amide bonds. The normalized spacial score (nSPS) is 19.1. The minimum atomic E-state index is -3.77. The first-order valence-corrected chi connectivity index (χ1v) is 11.4. The van der Waals surface area contributed by atoms with Gasteiger partial charge in [-0.2, -0.15) is 0 Å². The minimum absolute atomic E-state index is 0.205. The Hall–Kier alpha value is -3.12. The third-order valence-electron chi connectivity index (χ3n) is 5.59. The van der Waals surface area contributed by atoms with Gasteiger partial charge in [0.05, 0.1) is 16.9 Å². The Bertz CT molecular complexity index is 1200. The molecule has 4 nitrogen and oxygen atoms in total. The molecule has 31 heavy (non-hydrogen) atoms. The van der Waals surface area contributed by atoms with Gasteiger partial charge in [0.1, 0.15) is 22.9 Å². The van der Waals surface area contributed by atoms with Gasteiger partial charge < -0.3 is 9.47 Å². The van der Waals surface area contributed by atoms with Crippen LogP contribution in [0.25, 0.3) is 5.76 Å². The van der Waals surface area contributed by atoms with Crippen molar-refractivity contribution in [1.82, 2.24) is 0 Å². The molecule has 4 rings (SSSR count). The van der Waals surface area contributed by atoms with E-state index in [4.69, 9.17) is 9.47 Å². The number of benzene rings is 3. The number of methoxy groups -OCH3 is 1. The summed E-state index contributed by atoms with van der Waals surface area (Å²) in [6, 6.07) is 21.5. The molecule has 1 unspecified atom stereocenters. The highest BCUT2D eigenvalue weighted by molar-refractivity contribution is 7.95. The Kier molecular flexibility index (Phi) is 5.58. The van der Waals surface area contributed by atoms with Crippen molar-refractivity contribution in [2.45, 2.75) is 30.3 Å². The molecule has 3 aromatic rings. The molecule has 0 bridgehead atoms. The predicted octanol–water partition coefficient (Wildman–Crippen LogP) is 5.70. The van der Waals surface area contributed by atoms with Crippen molar-refractivity contribution in [3.8, 4) is 5.75 Å². The fraction of sp³-hybridized carbons (Fsp3) is 0.200. The van der Waals surface area contributed by atoms with E-state index >= 15 is 0 Å². The van der Waals surface area contributed by atoms with Gasteiger partial charge in [-0.25, -0.2) is 12.8 Å². The summed E-state index contributed by atoms with van der Waals surface area (Å²) < 4.78 is 52.1. The monoisotopic (exact) mass is 438 g/mol. The van der Waals surface area contributed by atoms with Crippen LogP contribution in [0.15, 0.2) is 88.7 Å². The average Bonchev–Trinajstić information content (AvgIpc) is 2.80. The van der Waals surface area contributed by atoms with Crippen LogP contribution >= 0.6 is 0 Å². The van der Waals surface area contributed by atoms with Crippen LogP contribution in [0.2, 0.25) is 0 Å². The summed E-state index contributed by atoms with van der Waals surface area (Å²) in [4.78, 5) is 0.414. The Labute approximate surface area is 181 Å². The van der Waals surface area contributed by atoms with Gasteiger partial charge in [0, 0.05) is 5.56 Å². The van der Waals surface area contributed by atoms with Gasteiger partial charge in [-0.3, -0.25) is 0 Å². The van der Waals surface area contributed by atoms with Crippen molar-refractivity contribution in [3.05, 3.63) is 101 Å². The Morgan fingerprint density at radius 1 is 0.935 bits per heavy atom. The second kappa shape index (κ2) is 8.19. The van der Waals surface area contributed by atoms with E-state index in [9.17, 15) is 12.8 Å². The maximum Gasteiger partial charge on any atom is 0.206 e. The lowest BCUT2D eigenvalue weighted by atomic mass is 9.88. The van der Waals surface area contributed by atoms with Gasteiger partial charge >= 0.3 is 0 Å². The highest BCUT2D eigenvalue weighted by atomic mass is 32.2. The number of hydrogen-bond acceptors (Lipinski definition) is 4. The lowest BCUT2D eigenvalue weighted by Crippen LogP contribution is -2.31. The first-order valence-electron chi connectivity index (χ1n) is 9.96. The van der Waals surface area contributed by atoms with E-state index in [2.05, 4.69) is 0 Å². The first kappa shape index (κ1) is 21.1. The SMILES string of the molecule is COc1ccc(C2(C)CCC(S(=O)(=O)c3ccccc3)=C(c3ccc(F)cc3)O2)cc1. The molecule has 6 heteroatoms. The van der Waals surface area contributed by atoms with Crippen molar-refractivity contribution >= 4 is 15.6 Å². The molecule has 0 N–H and O–H groups in total. The molecule has 3 aromatic carbocycles. The van der Waals surface area contributed by atoms with E-state index in [1.807, 2.05) is 31.2 Å². The summed E-state index contributed by atoms with van der Waals surface area (Å²) in [5, 5.41) is 0. The quantitative estimate of drug-likeness (QED) is 0.513. The highest BCUT2D eigenvalue weighted by Gasteiger charge is 2.39. The van der Waals surface area contributed by atoms with Crippen molar-refractivity contribution in [2.75, 3.05) is 7.11 Å². The third-order valence-corrected chi connectivity index (χ3v) is 7.53. The molecule has 1 atom stereocenters. The summed E-state index contributed by atoms with van der Waals surface area (Å²) >= 11 is 0. The van der Waals surface area contributed by atoms with Crippen LogP contribution in [0.1, 0.15) is 30.9 Å². The molecule has 0 fully saturated rings. The van der Waals surface area contributed by atoms with E-state index in [-0.39, 0.29) is 15.6 Å². The average molecular weight is 439 g/mol. The second-order valence-corrected chi connectivity index (χ2v) is 9.61. The van der Waals surface area contributed by atoms with Crippen LogP contribution in [-0.4, -0.2) is 15.5 Å². The van der Waals surface area contributed by atoms with E-state index in [0.29, 0.717) is 18.4 Å². The minimum Gasteiger partial charge on any atom is -0.497 e. The number of hydrogen-bond donors (Lipinski definition) is 0. The van der Waals surface area contributed by atoms with Gasteiger partial charge in [0.2, 0.25) is 9.84 Å². The predicted molar refractivity (Wildman–Crippen MR) is 118 cm³/mol. The van der Waals surface area contributed by atoms with Crippen molar-refractivity contribution in [3.63, 3.8) is 0 Å². The molecule has 1 aliphatic rings. The van der Waals surface area contributed by atoms with Crippen LogP contribution in [0, 0.1) is 5.82 Å². The first-order chi connectivity index (χ1) is 14.8. The smallest absolute Gasteiger partial charge is 0.206 e. The molecule has 0 saturated carbocycles. The van der Waals surface area contributed by atoms with Gasteiger partial charge in [-0.15, -0.1) is 0 Å². The third kappa shape index (κ3) is 4.08. The summed E-state index contributed by atoms with van der Waals surface area (Å²) in [6.07, 6.45) is 0.776. The van der Waals surface area contributed by atoms with E-state index in [1.165, 1.54) is 12.1 Å². The fourth-order valence-electron chi connectivity index (χ4n) is 3.77. The lowest BCUT2D eigenvalue weighted by molar-refractivity contribution is 0.0360. The molecule has 1 aliphatic heterocycles. The fourth-order valence-corrected chi connectivity index (χ4v) is 5.34. The molecule has 0 saturated heterocycles. The van der Waals surface area contributed by atoms with Gasteiger partial charge in [0.15, 0.2) is 0 Å². The number of allylic oxidation sites excluding steroid dienone is 1. The Morgan fingerprint density at radius 2 is 1.58 bits per heavy atom. The van der Waals surface area contributed by atoms with Gasteiger partial charge in [-0.1, -0.05) is 30.3 Å². The number of ether oxygens (including phenoxy) is 2. The largest absolute Gasteiger partial charge is 0.497 e. The summed E-state index contributed by atoms with van der Waals surface area (Å²) in [5.41, 5.74) is 0.686. The van der Waals surface area contributed by atoms with Crippen molar-refractivity contribution < 1.29 is 22.3 Å². The zero-order valence-corrected chi connectivity index (χ0v) is 18.2. The molecule has 0 spiro atoms. The maximum atomic E-state index is 13.6. The van der Waals surface area contributed by atoms with Crippen molar-refractivity contribution in [2.24, 2.45) is 0 Å². The standard InChI is InChI=1S/C25H23FO4S/c1-25(19-10-14-21(29-2)15-11-19)17-16-23(31(27,28)22-6-4-3-5-7-22)24(30-25)18-8-12-20(26)13-9-18/h3-15H,16-17H2,1-2H3. The summed E-state index contributed by atoms with van der Waals surface area (Å²) in [7, 11) is -2.17. The number of halogens is 1.